The number of anilines is 1. The van der Waals surface area contributed by atoms with E-state index in [1.165, 1.54) is 11.3 Å². The minimum atomic E-state index is -0.523. The summed E-state index contributed by atoms with van der Waals surface area (Å²) < 4.78 is 6.31. The van der Waals surface area contributed by atoms with E-state index in [-0.39, 0.29) is 12.5 Å². The van der Waals surface area contributed by atoms with Gasteiger partial charge in [0.2, 0.25) is 0 Å². The Labute approximate surface area is 226 Å². The van der Waals surface area contributed by atoms with Crippen LogP contribution in [0.25, 0.3) is 10.9 Å². The molecule has 0 aliphatic carbocycles. The molecule has 0 bridgehead atoms. The number of rotatable bonds is 8. The van der Waals surface area contributed by atoms with E-state index in [2.05, 4.69) is 51.3 Å². The first-order valence-electron chi connectivity index (χ1n) is 13.1. The number of aromatic nitrogens is 2. The van der Waals surface area contributed by atoms with Crippen LogP contribution < -0.4 is 26.2 Å². The van der Waals surface area contributed by atoms with Gasteiger partial charge in [-0.2, -0.15) is 0 Å². The number of hydrogen-bond donors (Lipinski definition) is 2. The number of methoxy groups -OCH3 is 1. The second kappa shape index (κ2) is 11.6. The number of fused-ring (bicyclic) bond motifs is 1. The van der Waals surface area contributed by atoms with Gasteiger partial charge in [0.15, 0.2) is 0 Å². The van der Waals surface area contributed by atoms with Crippen molar-refractivity contribution in [2.75, 3.05) is 51.3 Å². The van der Waals surface area contributed by atoms with Crippen molar-refractivity contribution in [3.8, 4) is 5.75 Å². The van der Waals surface area contributed by atoms with Gasteiger partial charge in [0.1, 0.15) is 5.75 Å². The van der Waals surface area contributed by atoms with E-state index >= 15 is 0 Å². The summed E-state index contributed by atoms with van der Waals surface area (Å²) in [5, 5.41) is 3.32. The first-order valence-corrected chi connectivity index (χ1v) is 13.1. The highest BCUT2D eigenvalue weighted by Crippen LogP contribution is 2.17. The lowest BCUT2D eigenvalue weighted by Crippen LogP contribution is -2.48. The number of nitrogens with zero attached hydrogens (tertiary/aromatic N) is 3. The van der Waals surface area contributed by atoms with Gasteiger partial charge in [-0.1, -0.05) is 29.8 Å². The lowest BCUT2D eigenvalue weighted by molar-refractivity contribution is 0.0948. The van der Waals surface area contributed by atoms with Gasteiger partial charge in [-0.05, 0) is 55.0 Å². The highest BCUT2D eigenvalue weighted by Gasteiger charge is 2.17. The summed E-state index contributed by atoms with van der Waals surface area (Å²) in [4.78, 5) is 46.0. The van der Waals surface area contributed by atoms with Gasteiger partial charge in [0.05, 0.1) is 24.6 Å². The van der Waals surface area contributed by atoms with Crippen LogP contribution >= 0.6 is 0 Å². The number of amides is 1. The van der Waals surface area contributed by atoms with E-state index in [0.717, 1.165) is 42.9 Å². The second-order valence-corrected chi connectivity index (χ2v) is 9.85. The van der Waals surface area contributed by atoms with Gasteiger partial charge >= 0.3 is 5.69 Å². The molecular weight excluding hydrogens is 494 g/mol. The molecule has 1 fully saturated rings. The summed E-state index contributed by atoms with van der Waals surface area (Å²) in [5.41, 5.74) is 3.12. The van der Waals surface area contributed by atoms with Crippen LogP contribution in [-0.2, 0) is 6.54 Å². The molecule has 9 nitrogen and oxygen atoms in total. The van der Waals surface area contributed by atoms with Crippen molar-refractivity contribution in [2.24, 2.45) is 0 Å². The first kappa shape index (κ1) is 26.2. The number of aryl methyl sites for hydroxylation is 1. The van der Waals surface area contributed by atoms with Gasteiger partial charge in [-0.3, -0.25) is 19.1 Å². The van der Waals surface area contributed by atoms with E-state index < -0.39 is 11.2 Å². The molecule has 1 aliphatic heterocycles. The van der Waals surface area contributed by atoms with E-state index in [9.17, 15) is 14.4 Å². The molecule has 1 saturated heterocycles. The maximum Gasteiger partial charge on any atom is 0.329 e. The zero-order valence-corrected chi connectivity index (χ0v) is 22.3. The topological polar surface area (TPSA) is 99.7 Å². The first-order chi connectivity index (χ1) is 18.9. The summed E-state index contributed by atoms with van der Waals surface area (Å²) >= 11 is 0. The number of benzene rings is 3. The predicted octanol–water partition coefficient (Wildman–Crippen LogP) is 2.61. The summed E-state index contributed by atoms with van der Waals surface area (Å²) in [6.45, 7) is 7.27. The van der Waals surface area contributed by atoms with Crippen LogP contribution in [0, 0.1) is 6.92 Å². The number of piperazine rings is 1. The van der Waals surface area contributed by atoms with Crippen LogP contribution in [-0.4, -0.2) is 66.7 Å². The number of carbonyl (C=O) groups excluding carboxylic acids is 1. The van der Waals surface area contributed by atoms with Crippen LogP contribution in [0.4, 0.5) is 5.69 Å². The Morgan fingerprint density at radius 1 is 0.949 bits per heavy atom. The van der Waals surface area contributed by atoms with Crippen molar-refractivity contribution in [1.29, 1.82) is 0 Å². The maximum atomic E-state index is 13.0. The molecule has 1 amide bonds. The fourth-order valence-corrected chi connectivity index (χ4v) is 4.87. The lowest BCUT2D eigenvalue weighted by atomic mass is 10.1. The van der Waals surface area contributed by atoms with E-state index in [1.54, 1.807) is 37.4 Å². The Balaban J connectivity index is 1.17. The highest BCUT2D eigenvalue weighted by molar-refractivity contribution is 5.97. The molecule has 1 aliphatic rings. The number of carbonyl (C=O) groups is 1. The van der Waals surface area contributed by atoms with E-state index in [0.29, 0.717) is 28.8 Å². The SMILES string of the molecule is COc1ccc(Cn2c(=O)[nH]c3cc(C(=O)NCCN4CCN(c5ccc(C)cc5)CC4)ccc3c2=O)cc1. The van der Waals surface area contributed by atoms with Crippen molar-refractivity contribution in [3.63, 3.8) is 0 Å². The molecule has 1 aromatic heterocycles. The van der Waals surface area contributed by atoms with E-state index in [1.807, 2.05) is 12.1 Å². The number of aromatic amines is 1. The molecular formula is C30H33N5O4. The number of H-pyrrole nitrogens is 1. The Kier molecular flexibility index (Phi) is 7.79. The molecule has 0 atom stereocenters. The third-order valence-electron chi connectivity index (χ3n) is 7.23. The molecule has 39 heavy (non-hydrogen) atoms. The Bertz CT molecular complexity index is 1570. The maximum absolute atomic E-state index is 13.0. The minimum Gasteiger partial charge on any atom is -0.497 e. The monoisotopic (exact) mass is 527 g/mol. The summed E-state index contributed by atoms with van der Waals surface area (Å²) in [7, 11) is 1.58. The Morgan fingerprint density at radius 2 is 1.67 bits per heavy atom. The zero-order valence-electron chi connectivity index (χ0n) is 22.3. The van der Waals surface area contributed by atoms with Crippen molar-refractivity contribution in [1.82, 2.24) is 19.8 Å². The summed E-state index contributed by atoms with van der Waals surface area (Å²) in [6, 6.07) is 20.6. The smallest absolute Gasteiger partial charge is 0.329 e. The third-order valence-corrected chi connectivity index (χ3v) is 7.23. The van der Waals surface area contributed by atoms with Crippen LogP contribution in [0.1, 0.15) is 21.5 Å². The number of nitrogens with one attached hydrogen (secondary N) is 2. The molecule has 0 spiro atoms. The van der Waals surface area contributed by atoms with Crippen molar-refractivity contribution in [2.45, 2.75) is 13.5 Å². The molecule has 4 aromatic rings. The van der Waals surface area contributed by atoms with Gasteiger partial charge in [0.25, 0.3) is 11.5 Å². The second-order valence-electron chi connectivity index (χ2n) is 9.85. The molecule has 2 heterocycles. The predicted molar refractivity (Wildman–Crippen MR) is 153 cm³/mol. The Morgan fingerprint density at radius 3 is 2.36 bits per heavy atom. The van der Waals surface area contributed by atoms with Gasteiger partial charge < -0.3 is 19.9 Å². The van der Waals surface area contributed by atoms with Crippen LogP contribution in [0.2, 0.25) is 0 Å². The van der Waals surface area contributed by atoms with Crippen molar-refractivity contribution >= 4 is 22.5 Å². The number of hydrogen-bond acceptors (Lipinski definition) is 6. The molecule has 0 unspecified atom stereocenters. The molecule has 3 aromatic carbocycles. The van der Waals surface area contributed by atoms with Gasteiger partial charge in [-0.15, -0.1) is 0 Å². The fourth-order valence-electron chi connectivity index (χ4n) is 4.87. The summed E-state index contributed by atoms with van der Waals surface area (Å²) in [6.07, 6.45) is 0. The zero-order chi connectivity index (χ0) is 27.4. The molecule has 9 heteroatoms. The van der Waals surface area contributed by atoms with Gasteiger partial charge in [0, 0.05) is 50.5 Å². The Hall–Kier alpha value is -4.37. The van der Waals surface area contributed by atoms with Crippen molar-refractivity contribution in [3.05, 3.63) is 104 Å². The average Bonchev–Trinajstić information content (AvgIpc) is 2.96. The molecule has 0 saturated carbocycles. The summed E-state index contributed by atoms with van der Waals surface area (Å²) in [5.74, 6) is 0.462. The van der Waals surface area contributed by atoms with Crippen molar-refractivity contribution < 1.29 is 9.53 Å². The fraction of sp³-hybridized carbons (Fsp3) is 0.300. The van der Waals surface area contributed by atoms with Crippen LogP contribution in [0.5, 0.6) is 5.75 Å². The molecule has 202 valence electrons. The largest absolute Gasteiger partial charge is 0.497 e. The third kappa shape index (κ3) is 6.04. The van der Waals surface area contributed by atoms with Gasteiger partial charge in [-0.25, -0.2) is 4.79 Å². The molecule has 0 radical (unpaired) electrons. The van der Waals surface area contributed by atoms with E-state index in [4.69, 9.17) is 4.74 Å². The highest BCUT2D eigenvalue weighted by atomic mass is 16.5. The molecule has 5 rings (SSSR count). The lowest BCUT2D eigenvalue weighted by Gasteiger charge is -2.36. The minimum absolute atomic E-state index is 0.135. The quantitative estimate of drug-likeness (QED) is 0.366. The normalized spacial score (nSPS) is 13.9. The van der Waals surface area contributed by atoms with Crippen LogP contribution in [0.15, 0.2) is 76.3 Å². The average molecular weight is 528 g/mol. The standard InChI is InChI=1S/C30H33N5O4/c1-21-3-8-24(9-4-21)34-17-15-33(16-18-34)14-13-31-28(36)23-7-12-26-27(19-23)32-30(38)35(29(26)37)20-22-5-10-25(39-2)11-6-22/h3-12,19H,13-18,20H2,1-2H3,(H,31,36)(H,32,38). The van der Waals surface area contributed by atoms with Crippen LogP contribution in [0.3, 0.4) is 0 Å². The number of ether oxygens (including phenoxy) is 1. The molecule has 2 N–H and O–H groups in total.